The summed E-state index contributed by atoms with van der Waals surface area (Å²) in [5, 5.41) is 12.1. The van der Waals surface area contributed by atoms with Gasteiger partial charge in [0.2, 0.25) is 0 Å². The molecule has 0 amide bonds. The van der Waals surface area contributed by atoms with Gasteiger partial charge in [-0.05, 0) is 30.3 Å². The molecule has 1 N–H and O–H groups in total. The Bertz CT molecular complexity index is 638. The Morgan fingerprint density at radius 1 is 1.11 bits per heavy atom. The van der Waals surface area contributed by atoms with Gasteiger partial charge in [-0.15, -0.1) is 0 Å². The molecule has 0 aliphatic rings. The number of nitriles is 1. The van der Waals surface area contributed by atoms with Crippen molar-refractivity contribution in [3.63, 3.8) is 0 Å². The zero-order valence-corrected chi connectivity index (χ0v) is 11.3. The summed E-state index contributed by atoms with van der Waals surface area (Å²) in [6, 6.07) is 11.3. The molecule has 0 aromatic heterocycles. The summed E-state index contributed by atoms with van der Waals surface area (Å²) >= 11 is 3.21. The van der Waals surface area contributed by atoms with Crippen LogP contribution in [0, 0.1) is 23.0 Å². The van der Waals surface area contributed by atoms with Crippen LogP contribution >= 0.6 is 15.9 Å². The van der Waals surface area contributed by atoms with E-state index in [2.05, 4.69) is 27.3 Å². The maximum atomic E-state index is 13.1. The van der Waals surface area contributed by atoms with Crippen LogP contribution in [0.5, 0.6) is 0 Å². The van der Waals surface area contributed by atoms with Crippen LogP contribution in [0.3, 0.4) is 0 Å². The van der Waals surface area contributed by atoms with E-state index in [-0.39, 0.29) is 5.82 Å². The van der Waals surface area contributed by atoms with Gasteiger partial charge in [-0.25, -0.2) is 8.78 Å². The summed E-state index contributed by atoms with van der Waals surface area (Å²) in [7, 11) is 0. The van der Waals surface area contributed by atoms with Gasteiger partial charge in [0.05, 0.1) is 6.07 Å². The second-order valence-electron chi connectivity index (χ2n) is 3.88. The van der Waals surface area contributed by atoms with Crippen LogP contribution in [0.25, 0.3) is 0 Å². The molecule has 2 nitrogen and oxygen atoms in total. The van der Waals surface area contributed by atoms with Gasteiger partial charge in [-0.1, -0.05) is 28.1 Å². The summed E-state index contributed by atoms with van der Waals surface area (Å²) in [5.41, 5.74) is 1.08. The molecule has 0 fully saturated rings. The molecule has 0 aliphatic carbocycles. The fourth-order valence-electron chi connectivity index (χ4n) is 1.66. The van der Waals surface area contributed by atoms with Gasteiger partial charge < -0.3 is 5.32 Å². The maximum Gasteiger partial charge on any atom is 0.141 e. The third-order valence-corrected chi connectivity index (χ3v) is 3.22. The lowest BCUT2D eigenvalue weighted by molar-refractivity contribution is 0.625. The fraction of sp³-hybridized carbons (Fsp3) is 0.0714. The monoisotopic (exact) mass is 322 g/mol. The number of halogens is 3. The molecule has 0 bridgehead atoms. The van der Waals surface area contributed by atoms with Crippen molar-refractivity contribution in [1.29, 1.82) is 5.26 Å². The average Bonchev–Trinajstić information content (AvgIpc) is 2.37. The Morgan fingerprint density at radius 2 is 1.84 bits per heavy atom. The summed E-state index contributed by atoms with van der Waals surface area (Å²) in [4.78, 5) is 0. The highest BCUT2D eigenvalue weighted by atomic mass is 79.9. The second-order valence-corrected chi connectivity index (χ2v) is 4.74. The first kappa shape index (κ1) is 13.5. The molecule has 0 saturated heterocycles. The second kappa shape index (κ2) is 5.81. The molecular weight excluding hydrogens is 314 g/mol. The molecule has 1 unspecified atom stereocenters. The van der Waals surface area contributed by atoms with Crippen LogP contribution in [-0.2, 0) is 0 Å². The number of anilines is 1. The lowest BCUT2D eigenvalue weighted by Gasteiger charge is -2.15. The topological polar surface area (TPSA) is 35.8 Å². The van der Waals surface area contributed by atoms with E-state index in [4.69, 9.17) is 0 Å². The van der Waals surface area contributed by atoms with Crippen molar-refractivity contribution in [2.24, 2.45) is 0 Å². The summed E-state index contributed by atoms with van der Waals surface area (Å²) in [6.07, 6.45) is 0. The highest BCUT2D eigenvalue weighted by Crippen LogP contribution is 2.27. The minimum absolute atomic E-state index is 0.389. The normalized spacial score (nSPS) is 11.7. The highest BCUT2D eigenvalue weighted by Gasteiger charge is 2.14. The van der Waals surface area contributed by atoms with E-state index in [1.54, 1.807) is 12.1 Å². The molecule has 0 spiro atoms. The van der Waals surface area contributed by atoms with E-state index in [1.165, 1.54) is 30.3 Å². The lowest BCUT2D eigenvalue weighted by atomic mass is 10.1. The largest absolute Gasteiger partial charge is 0.366 e. The minimum Gasteiger partial charge on any atom is -0.366 e. The number of nitrogens with zero attached hydrogens (tertiary/aromatic N) is 1. The molecular formula is C14H9BrF2N2. The summed E-state index contributed by atoms with van der Waals surface area (Å²) < 4.78 is 26.6. The third kappa shape index (κ3) is 3.30. The van der Waals surface area contributed by atoms with Crippen LogP contribution in [0.4, 0.5) is 14.5 Å². The van der Waals surface area contributed by atoms with Crippen LogP contribution in [-0.4, -0.2) is 0 Å². The van der Waals surface area contributed by atoms with Crippen LogP contribution in [0.2, 0.25) is 0 Å². The Hall–Kier alpha value is -1.93. The molecule has 5 heteroatoms. The third-order valence-electron chi connectivity index (χ3n) is 2.54. The molecule has 2 aromatic carbocycles. The van der Waals surface area contributed by atoms with Crippen molar-refractivity contribution in [3.8, 4) is 6.07 Å². The number of rotatable bonds is 3. The predicted molar refractivity (Wildman–Crippen MR) is 72.5 cm³/mol. The molecule has 19 heavy (non-hydrogen) atoms. The summed E-state index contributed by atoms with van der Waals surface area (Å²) in [5.74, 6) is -0.780. The van der Waals surface area contributed by atoms with E-state index in [1.807, 2.05) is 0 Å². The highest BCUT2D eigenvalue weighted by molar-refractivity contribution is 9.10. The summed E-state index contributed by atoms with van der Waals surface area (Å²) in [6.45, 7) is 0. The first-order valence-electron chi connectivity index (χ1n) is 5.47. The quantitative estimate of drug-likeness (QED) is 0.908. The van der Waals surface area contributed by atoms with Crippen LogP contribution < -0.4 is 5.32 Å². The zero-order chi connectivity index (χ0) is 13.8. The van der Waals surface area contributed by atoms with E-state index in [0.29, 0.717) is 15.7 Å². The number of benzene rings is 2. The Kier molecular flexibility index (Phi) is 4.13. The Balaban J connectivity index is 2.28. The van der Waals surface area contributed by atoms with Gasteiger partial charge >= 0.3 is 0 Å². The average molecular weight is 323 g/mol. The van der Waals surface area contributed by atoms with Crippen molar-refractivity contribution < 1.29 is 8.78 Å². The van der Waals surface area contributed by atoms with Gasteiger partial charge in [0, 0.05) is 15.7 Å². The first-order valence-corrected chi connectivity index (χ1v) is 6.26. The molecule has 0 radical (unpaired) electrons. The van der Waals surface area contributed by atoms with Crippen molar-refractivity contribution in [2.75, 3.05) is 5.32 Å². The Morgan fingerprint density at radius 3 is 2.47 bits per heavy atom. The first-order chi connectivity index (χ1) is 9.10. The SMILES string of the molecule is N#CC(Nc1cccc(F)c1)c1ccc(F)cc1Br. The van der Waals surface area contributed by atoms with Gasteiger partial charge in [0.25, 0.3) is 0 Å². The molecule has 2 rings (SSSR count). The van der Waals surface area contributed by atoms with Gasteiger partial charge in [-0.2, -0.15) is 5.26 Å². The molecule has 0 saturated carbocycles. The molecule has 96 valence electrons. The Labute approximate surface area is 117 Å². The molecule has 1 atom stereocenters. The van der Waals surface area contributed by atoms with Crippen LogP contribution in [0.15, 0.2) is 46.9 Å². The standard InChI is InChI=1S/C14H9BrF2N2/c15-13-7-10(17)4-5-12(13)14(8-18)19-11-3-1-2-9(16)6-11/h1-7,14,19H. The minimum atomic E-state index is -0.697. The predicted octanol–water partition coefficient (Wildman–Crippen LogP) is 4.40. The van der Waals surface area contributed by atoms with E-state index >= 15 is 0 Å². The number of hydrogen-bond acceptors (Lipinski definition) is 2. The smallest absolute Gasteiger partial charge is 0.141 e. The van der Waals surface area contributed by atoms with Gasteiger partial charge in [0.1, 0.15) is 17.7 Å². The van der Waals surface area contributed by atoms with Crippen molar-refractivity contribution in [3.05, 3.63) is 64.1 Å². The maximum absolute atomic E-state index is 13.1. The van der Waals surface area contributed by atoms with Crippen molar-refractivity contribution in [1.82, 2.24) is 0 Å². The van der Waals surface area contributed by atoms with E-state index < -0.39 is 11.9 Å². The van der Waals surface area contributed by atoms with Crippen molar-refractivity contribution >= 4 is 21.6 Å². The van der Waals surface area contributed by atoms with Gasteiger partial charge in [0.15, 0.2) is 0 Å². The number of hydrogen-bond donors (Lipinski definition) is 1. The van der Waals surface area contributed by atoms with Gasteiger partial charge in [-0.3, -0.25) is 0 Å². The van der Waals surface area contributed by atoms with Crippen molar-refractivity contribution in [2.45, 2.75) is 6.04 Å². The van der Waals surface area contributed by atoms with E-state index in [0.717, 1.165) is 0 Å². The zero-order valence-electron chi connectivity index (χ0n) is 9.70. The lowest BCUT2D eigenvalue weighted by Crippen LogP contribution is -2.09. The molecule has 2 aromatic rings. The van der Waals surface area contributed by atoms with E-state index in [9.17, 15) is 14.0 Å². The molecule has 0 aliphatic heterocycles. The fourth-order valence-corrected chi connectivity index (χ4v) is 2.24. The molecule has 0 heterocycles. The number of nitrogens with one attached hydrogen (secondary N) is 1. The van der Waals surface area contributed by atoms with Crippen LogP contribution in [0.1, 0.15) is 11.6 Å².